The largest absolute Gasteiger partial charge is 0.478 e. The number of carbonyl (C=O) groups excluding carboxylic acids is 1. The number of rotatable bonds is 7. The molecule has 0 atom stereocenters. The number of sulfonamides is 1. The Bertz CT molecular complexity index is 598. The first-order valence-corrected chi connectivity index (χ1v) is 7.84. The van der Waals surface area contributed by atoms with E-state index in [1.165, 1.54) is 12.1 Å². The van der Waals surface area contributed by atoms with Crippen LogP contribution >= 0.6 is 0 Å². The number of carbonyl (C=O) groups is 2. The van der Waals surface area contributed by atoms with E-state index in [1.54, 1.807) is 12.1 Å². The van der Waals surface area contributed by atoms with Crippen LogP contribution in [-0.2, 0) is 16.4 Å². The Labute approximate surface area is 122 Å². The molecule has 0 saturated heterocycles. The molecule has 0 heterocycles. The quantitative estimate of drug-likeness (QED) is 0.538. The van der Waals surface area contributed by atoms with Crippen LogP contribution in [0.2, 0.25) is 0 Å². The molecule has 0 aromatic heterocycles. The SMILES string of the molecule is NS(=O)(=O)CCNC(=O)NCCc1ccc(C(=O)O)cc1. The molecule has 1 rings (SSSR count). The van der Waals surface area contributed by atoms with Gasteiger partial charge >= 0.3 is 12.0 Å². The molecule has 9 heteroatoms. The monoisotopic (exact) mass is 315 g/mol. The molecule has 0 spiro atoms. The molecule has 0 saturated carbocycles. The van der Waals surface area contributed by atoms with E-state index in [9.17, 15) is 18.0 Å². The van der Waals surface area contributed by atoms with Gasteiger partial charge in [-0.05, 0) is 24.1 Å². The summed E-state index contributed by atoms with van der Waals surface area (Å²) < 4.78 is 21.3. The molecule has 2 amide bonds. The maximum Gasteiger partial charge on any atom is 0.335 e. The van der Waals surface area contributed by atoms with E-state index in [0.29, 0.717) is 13.0 Å². The number of nitrogens with two attached hydrogens (primary N) is 1. The number of urea groups is 1. The van der Waals surface area contributed by atoms with Gasteiger partial charge in [0.2, 0.25) is 10.0 Å². The van der Waals surface area contributed by atoms with E-state index in [-0.39, 0.29) is 17.9 Å². The highest BCUT2D eigenvalue weighted by Gasteiger charge is 2.05. The van der Waals surface area contributed by atoms with Gasteiger partial charge in [-0.2, -0.15) is 0 Å². The number of hydrogen-bond donors (Lipinski definition) is 4. The van der Waals surface area contributed by atoms with E-state index < -0.39 is 22.0 Å². The van der Waals surface area contributed by atoms with Crippen LogP contribution in [0.5, 0.6) is 0 Å². The second-order valence-corrected chi connectivity index (χ2v) is 6.04. The smallest absolute Gasteiger partial charge is 0.335 e. The third-order valence-electron chi connectivity index (χ3n) is 2.57. The molecule has 1 aromatic carbocycles. The molecule has 0 unspecified atom stereocenters. The lowest BCUT2D eigenvalue weighted by molar-refractivity contribution is 0.0697. The third-order valence-corrected chi connectivity index (χ3v) is 3.35. The van der Waals surface area contributed by atoms with Gasteiger partial charge in [0.15, 0.2) is 0 Å². The average molecular weight is 315 g/mol. The molecule has 0 aliphatic carbocycles. The molecule has 0 fully saturated rings. The first-order chi connectivity index (χ1) is 9.78. The number of amides is 2. The van der Waals surface area contributed by atoms with E-state index in [2.05, 4.69) is 10.6 Å². The van der Waals surface area contributed by atoms with Crippen molar-refractivity contribution in [3.63, 3.8) is 0 Å². The first kappa shape index (κ1) is 16.9. The summed E-state index contributed by atoms with van der Waals surface area (Å²) in [4.78, 5) is 22.0. The highest BCUT2D eigenvalue weighted by molar-refractivity contribution is 7.89. The van der Waals surface area contributed by atoms with Gasteiger partial charge in [-0.1, -0.05) is 12.1 Å². The summed E-state index contributed by atoms with van der Waals surface area (Å²) in [6.07, 6.45) is 0.530. The lowest BCUT2D eigenvalue weighted by Crippen LogP contribution is -2.39. The van der Waals surface area contributed by atoms with E-state index in [1.807, 2.05) is 0 Å². The van der Waals surface area contributed by atoms with E-state index in [4.69, 9.17) is 10.2 Å². The number of benzene rings is 1. The topological polar surface area (TPSA) is 139 Å². The zero-order valence-corrected chi connectivity index (χ0v) is 12.0. The Balaban J connectivity index is 2.26. The van der Waals surface area contributed by atoms with Gasteiger partial charge in [0, 0.05) is 13.1 Å². The Morgan fingerprint density at radius 3 is 2.19 bits per heavy atom. The predicted molar refractivity (Wildman–Crippen MR) is 76.5 cm³/mol. The standard InChI is InChI=1S/C12H17N3O5S/c13-21(19,20)8-7-15-12(18)14-6-5-9-1-3-10(4-2-9)11(16)17/h1-4H,5-8H2,(H,16,17)(H2,13,19,20)(H2,14,15,18). The highest BCUT2D eigenvalue weighted by Crippen LogP contribution is 2.04. The molecule has 5 N–H and O–H groups in total. The van der Waals surface area contributed by atoms with Crippen LogP contribution in [0.25, 0.3) is 0 Å². The summed E-state index contributed by atoms with van der Waals surface area (Å²) in [5.74, 6) is -1.31. The predicted octanol–water partition coefficient (Wildman–Crippen LogP) is -0.485. The number of aromatic carboxylic acids is 1. The van der Waals surface area contributed by atoms with E-state index >= 15 is 0 Å². The van der Waals surface area contributed by atoms with Gasteiger partial charge in [-0.3, -0.25) is 0 Å². The Morgan fingerprint density at radius 2 is 1.67 bits per heavy atom. The van der Waals surface area contributed by atoms with Crippen LogP contribution in [0.4, 0.5) is 4.79 Å². The molecular formula is C12H17N3O5S. The fourth-order valence-corrected chi connectivity index (χ4v) is 1.89. The minimum Gasteiger partial charge on any atom is -0.478 e. The summed E-state index contributed by atoms with van der Waals surface area (Å²) in [7, 11) is -3.58. The summed E-state index contributed by atoms with van der Waals surface area (Å²) in [6, 6.07) is 5.84. The lowest BCUT2D eigenvalue weighted by atomic mass is 10.1. The first-order valence-electron chi connectivity index (χ1n) is 6.12. The zero-order chi connectivity index (χ0) is 15.9. The second kappa shape index (κ2) is 7.60. The van der Waals surface area contributed by atoms with Crippen molar-refractivity contribution in [2.75, 3.05) is 18.8 Å². The average Bonchev–Trinajstić information content (AvgIpc) is 2.37. The maximum absolute atomic E-state index is 11.3. The summed E-state index contributed by atoms with van der Waals surface area (Å²) in [6.45, 7) is 0.283. The van der Waals surface area contributed by atoms with Gasteiger partial charge in [0.05, 0.1) is 11.3 Å². The molecule has 1 aromatic rings. The van der Waals surface area contributed by atoms with Gasteiger partial charge in [0.25, 0.3) is 0 Å². The molecule has 0 aliphatic heterocycles. The summed E-state index contributed by atoms with van der Waals surface area (Å²) in [5, 5.41) is 18.5. The number of carboxylic acids is 1. The van der Waals surface area contributed by atoms with Crippen LogP contribution in [0, 0.1) is 0 Å². The number of carboxylic acid groups (broad SMARTS) is 1. The fraction of sp³-hybridized carbons (Fsp3) is 0.333. The van der Waals surface area contributed by atoms with Crippen LogP contribution in [-0.4, -0.2) is 44.4 Å². The summed E-state index contributed by atoms with van der Waals surface area (Å²) in [5.41, 5.74) is 1.08. The minimum atomic E-state index is -3.58. The number of primary sulfonamides is 1. The third kappa shape index (κ3) is 7.28. The molecule has 21 heavy (non-hydrogen) atoms. The van der Waals surface area contributed by atoms with Gasteiger partial charge in [-0.25, -0.2) is 23.1 Å². The highest BCUT2D eigenvalue weighted by atomic mass is 32.2. The van der Waals surface area contributed by atoms with Crippen molar-refractivity contribution in [1.82, 2.24) is 10.6 Å². The van der Waals surface area contributed by atoms with Crippen molar-refractivity contribution in [3.8, 4) is 0 Å². The minimum absolute atomic E-state index is 0.0576. The van der Waals surface area contributed by atoms with E-state index in [0.717, 1.165) is 5.56 Å². The Kier molecular flexibility index (Phi) is 6.12. The van der Waals surface area contributed by atoms with Gasteiger partial charge in [0.1, 0.15) is 0 Å². The molecular weight excluding hydrogens is 298 g/mol. The Hall–Kier alpha value is -2.13. The van der Waals surface area contributed by atoms with Crippen molar-refractivity contribution >= 4 is 22.0 Å². The molecule has 116 valence electrons. The van der Waals surface area contributed by atoms with Gasteiger partial charge < -0.3 is 15.7 Å². The van der Waals surface area contributed by atoms with Crippen molar-refractivity contribution in [2.45, 2.75) is 6.42 Å². The fourth-order valence-electron chi connectivity index (χ4n) is 1.50. The second-order valence-electron chi connectivity index (χ2n) is 4.30. The van der Waals surface area contributed by atoms with Crippen molar-refractivity contribution in [1.29, 1.82) is 0 Å². The van der Waals surface area contributed by atoms with Gasteiger partial charge in [-0.15, -0.1) is 0 Å². The van der Waals surface area contributed by atoms with Crippen LogP contribution in [0.3, 0.4) is 0 Å². The summed E-state index contributed by atoms with van der Waals surface area (Å²) >= 11 is 0. The molecule has 0 bridgehead atoms. The van der Waals surface area contributed by atoms with Crippen LogP contribution in [0.1, 0.15) is 15.9 Å². The number of hydrogen-bond acceptors (Lipinski definition) is 4. The Morgan fingerprint density at radius 1 is 1.10 bits per heavy atom. The molecule has 8 nitrogen and oxygen atoms in total. The number of nitrogens with one attached hydrogen (secondary N) is 2. The normalized spacial score (nSPS) is 10.9. The van der Waals surface area contributed by atoms with Crippen LogP contribution < -0.4 is 15.8 Å². The van der Waals surface area contributed by atoms with Crippen molar-refractivity contribution < 1.29 is 23.1 Å². The zero-order valence-electron chi connectivity index (χ0n) is 11.2. The maximum atomic E-state index is 11.3. The molecule has 0 aliphatic rings. The lowest BCUT2D eigenvalue weighted by Gasteiger charge is -2.07. The van der Waals surface area contributed by atoms with Crippen molar-refractivity contribution in [3.05, 3.63) is 35.4 Å². The van der Waals surface area contributed by atoms with Crippen molar-refractivity contribution in [2.24, 2.45) is 5.14 Å². The van der Waals surface area contributed by atoms with Crippen LogP contribution in [0.15, 0.2) is 24.3 Å². The molecule has 0 radical (unpaired) electrons.